The van der Waals surface area contributed by atoms with Crippen molar-refractivity contribution in [3.8, 4) is 0 Å². The van der Waals surface area contributed by atoms with Crippen LogP contribution in [0.5, 0.6) is 0 Å². The maximum Gasteiger partial charge on any atom is 0.0409 e. The van der Waals surface area contributed by atoms with Gasteiger partial charge >= 0.3 is 0 Å². The fourth-order valence-electron chi connectivity index (χ4n) is 2.35. The van der Waals surface area contributed by atoms with Gasteiger partial charge in [0.25, 0.3) is 0 Å². The minimum Gasteiger partial charge on any atom is -0.318 e. The van der Waals surface area contributed by atoms with Crippen LogP contribution >= 0.6 is 11.6 Å². The van der Waals surface area contributed by atoms with Gasteiger partial charge in [0.1, 0.15) is 0 Å². The Morgan fingerprint density at radius 1 is 1.28 bits per heavy atom. The van der Waals surface area contributed by atoms with Crippen molar-refractivity contribution in [2.24, 2.45) is 5.92 Å². The fourth-order valence-corrected chi connectivity index (χ4v) is 2.55. The molecule has 102 valence electrons. The van der Waals surface area contributed by atoms with Crippen molar-refractivity contribution in [2.75, 3.05) is 20.6 Å². The van der Waals surface area contributed by atoms with E-state index in [2.05, 4.69) is 50.2 Å². The Kier molecular flexibility index (Phi) is 6.13. The maximum atomic E-state index is 6.07. The summed E-state index contributed by atoms with van der Waals surface area (Å²) in [6.07, 6.45) is 0. The molecule has 0 spiro atoms. The van der Waals surface area contributed by atoms with E-state index in [-0.39, 0.29) is 0 Å². The molecule has 1 rings (SSSR count). The highest BCUT2D eigenvalue weighted by atomic mass is 35.5. The number of nitrogens with zero attached hydrogens (tertiary/aromatic N) is 1. The van der Waals surface area contributed by atoms with Gasteiger partial charge in [-0.15, -0.1) is 0 Å². The van der Waals surface area contributed by atoms with Crippen LogP contribution in [-0.2, 0) is 0 Å². The molecule has 2 atom stereocenters. The molecular weight excluding hydrogens is 244 g/mol. The molecule has 0 aliphatic rings. The van der Waals surface area contributed by atoms with Crippen molar-refractivity contribution >= 4 is 11.6 Å². The summed E-state index contributed by atoms with van der Waals surface area (Å²) in [5.41, 5.74) is 1.27. The van der Waals surface area contributed by atoms with Gasteiger partial charge in [0.05, 0.1) is 0 Å². The number of rotatable bonds is 6. The summed E-state index contributed by atoms with van der Waals surface area (Å²) in [4.78, 5) is 2.42. The molecule has 0 bridgehead atoms. The third-order valence-corrected chi connectivity index (χ3v) is 3.88. The van der Waals surface area contributed by atoms with Crippen LogP contribution in [0.15, 0.2) is 24.3 Å². The third-order valence-electron chi connectivity index (χ3n) is 3.65. The number of benzene rings is 1. The first kappa shape index (κ1) is 15.5. The van der Waals surface area contributed by atoms with Crippen LogP contribution in [0.1, 0.15) is 32.4 Å². The molecule has 0 fully saturated rings. The Hall–Kier alpha value is -0.570. The van der Waals surface area contributed by atoms with Gasteiger partial charge in [-0.3, -0.25) is 4.90 Å². The largest absolute Gasteiger partial charge is 0.318 e. The summed E-state index contributed by atoms with van der Waals surface area (Å²) in [7, 11) is 4.20. The summed E-state index contributed by atoms with van der Waals surface area (Å²) >= 11 is 6.07. The molecule has 2 nitrogen and oxygen atoms in total. The Morgan fingerprint density at radius 3 is 2.44 bits per heavy atom. The minimum absolute atomic E-state index is 0.365. The zero-order valence-corrected chi connectivity index (χ0v) is 12.8. The SMILES string of the molecule is CNCC(C(C)C)N(C)C(C)c1cccc(Cl)c1. The van der Waals surface area contributed by atoms with Gasteiger partial charge in [-0.2, -0.15) is 0 Å². The number of hydrogen-bond acceptors (Lipinski definition) is 2. The van der Waals surface area contributed by atoms with Crippen molar-refractivity contribution in [3.63, 3.8) is 0 Å². The molecule has 0 aliphatic carbocycles. The first-order valence-corrected chi connectivity index (χ1v) is 6.97. The summed E-state index contributed by atoms with van der Waals surface area (Å²) in [5, 5.41) is 4.09. The average molecular weight is 269 g/mol. The minimum atomic E-state index is 0.365. The van der Waals surface area contributed by atoms with Gasteiger partial charge in [-0.05, 0) is 44.6 Å². The lowest BCUT2D eigenvalue weighted by atomic mass is 9.99. The molecule has 18 heavy (non-hydrogen) atoms. The molecule has 0 saturated carbocycles. The van der Waals surface area contributed by atoms with E-state index in [1.807, 2.05) is 19.2 Å². The predicted molar refractivity (Wildman–Crippen MR) is 80.2 cm³/mol. The van der Waals surface area contributed by atoms with Crippen molar-refractivity contribution < 1.29 is 0 Å². The van der Waals surface area contributed by atoms with Crippen molar-refractivity contribution in [1.29, 1.82) is 0 Å². The molecular formula is C15H25ClN2. The van der Waals surface area contributed by atoms with Crippen LogP contribution < -0.4 is 5.32 Å². The van der Waals surface area contributed by atoms with E-state index in [0.29, 0.717) is 18.0 Å². The van der Waals surface area contributed by atoms with E-state index < -0.39 is 0 Å². The Bertz CT molecular complexity index is 365. The Morgan fingerprint density at radius 2 is 1.94 bits per heavy atom. The highest BCUT2D eigenvalue weighted by molar-refractivity contribution is 6.30. The molecule has 0 heterocycles. The summed E-state index contributed by atoms with van der Waals surface area (Å²) in [5.74, 6) is 0.615. The van der Waals surface area contributed by atoms with Crippen LogP contribution in [0, 0.1) is 5.92 Å². The fraction of sp³-hybridized carbons (Fsp3) is 0.600. The first-order chi connectivity index (χ1) is 8.47. The normalized spacial score (nSPS) is 15.1. The van der Waals surface area contributed by atoms with E-state index in [4.69, 9.17) is 11.6 Å². The zero-order valence-electron chi connectivity index (χ0n) is 12.1. The lowest BCUT2D eigenvalue weighted by Crippen LogP contribution is -2.43. The molecule has 1 aromatic carbocycles. The molecule has 0 radical (unpaired) electrons. The van der Waals surface area contributed by atoms with Crippen molar-refractivity contribution in [2.45, 2.75) is 32.9 Å². The topological polar surface area (TPSA) is 15.3 Å². The second-order valence-electron chi connectivity index (χ2n) is 5.27. The Balaban J connectivity index is 2.84. The smallest absolute Gasteiger partial charge is 0.0409 e. The van der Waals surface area contributed by atoms with Crippen LogP contribution in [0.2, 0.25) is 5.02 Å². The van der Waals surface area contributed by atoms with Crippen LogP contribution in [0.4, 0.5) is 0 Å². The van der Waals surface area contributed by atoms with Gasteiger partial charge in [0.15, 0.2) is 0 Å². The van der Waals surface area contributed by atoms with E-state index in [1.54, 1.807) is 0 Å². The van der Waals surface area contributed by atoms with Gasteiger partial charge in [0, 0.05) is 23.7 Å². The predicted octanol–water partition coefficient (Wildman–Crippen LogP) is 3.58. The molecule has 3 heteroatoms. The molecule has 0 amide bonds. The van der Waals surface area contributed by atoms with Gasteiger partial charge in [0.2, 0.25) is 0 Å². The third kappa shape index (κ3) is 3.98. The quantitative estimate of drug-likeness (QED) is 0.848. The lowest BCUT2D eigenvalue weighted by Gasteiger charge is -2.36. The van der Waals surface area contributed by atoms with Crippen LogP contribution in [-0.4, -0.2) is 31.6 Å². The molecule has 0 aromatic heterocycles. The number of nitrogens with one attached hydrogen (secondary N) is 1. The van der Waals surface area contributed by atoms with Crippen molar-refractivity contribution in [3.05, 3.63) is 34.9 Å². The van der Waals surface area contributed by atoms with Gasteiger partial charge < -0.3 is 5.32 Å². The lowest BCUT2D eigenvalue weighted by molar-refractivity contribution is 0.144. The maximum absolute atomic E-state index is 6.07. The average Bonchev–Trinajstić information content (AvgIpc) is 2.33. The van der Waals surface area contributed by atoms with E-state index in [1.165, 1.54) is 5.56 Å². The monoisotopic (exact) mass is 268 g/mol. The van der Waals surface area contributed by atoms with E-state index in [9.17, 15) is 0 Å². The molecule has 0 aliphatic heterocycles. The van der Waals surface area contributed by atoms with Gasteiger partial charge in [-0.25, -0.2) is 0 Å². The molecule has 1 aromatic rings. The number of halogens is 1. The Labute approximate surface area is 116 Å². The second-order valence-corrected chi connectivity index (χ2v) is 5.70. The first-order valence-electron chi connectivity index (χ1n) is 6.59. The van der Waals surface area contributed by atoms with E-state index in [0.717, 1.165) is 11.6 Å². The molecule has 0 saturated heterocycles. The summed E-state index contributed by atoms with van der Waals surface area (Å²) in [6, 6.07) is 9.02. The second kappa shape index (κ2) is 7.13. The molecule has 2 unspecified atom stereocenters. The summed E-state index contributed by atoms with van der Waals surface area (Å²) < 4.78 is 0. The van der Waals surface area contributed by atoms with Crippen molar-refractivity contribution in [1.82, 2.24) is 10.2 Å². The summed E-state index contributed by atoms with van der Waals surface area (Å²) in [6.45, 7) is 7.77. The number of hydrogen-bond donors (Lipinski definition) is 1. The highest BCUT2D eigenvalue weighted by Gasteiger charge is 2.23. The van der Waals surface area contributed by atoms with Crippen LogP contribution in [0.3, 0.4) is 0 Å². The highest BCUT2D eigenvalue weighted by Crippen LogP contribution is 2.25. The number of likely N-dealkylation sites (N-methyl/N-ethyl adjacent to an activating group) is 2. The van der Waals surface area contributed by atoms with Gasteiger partial charge in [-0.1, -0.05) is 37.6 Å². The zero-order chi connectivity index (χ0) is 13.7. The standard InChI is InChI=1S/C15H25ClN2/c1-11(2)15(10-17-4)18(5)12(3)13-7-6-8-14(16)9-13/h6-9,11-12,15,17H,10H2,1-5H3. The van der Waals surface area contributed by atoms with E-state index >= 15 is 0 Å². The molecule has 1 N–H and O–H groups in total. The van der Waals surface area contributed by atoms with Crippen LogP contribution in [0.25, 0.3) is 0 Å².